The van der Waals surface area contributed by atoms with Crippen molar-refractivity contribution in [3.63, 3.8) is 0 Å². The quantitative estimate of drug-likeness (QED) is 0.172. The molecule has 0 fully saturated rings. The second-order valence-electron chi connectivity index (χ2n) is 18.9. The van der Waals surface area contributed by atoms with E-state index in [2.05, 4.69) is 209 Å². The van der Waals surface area contributed by atoms with Crippen molar-refractivity contribution in [2.24, 2.45) is 0 Å². The van der Waals surface area contributed by atoms with E-state index >= 15 is 0 Å². The Balaban J connectivity index is 1.10. The first-order chi connectivity index (χ1) is 29.2. The van der Waals surface area contributed by atoms with Gasteiger partial charge in [-0.05, 0) is 162 Å². The standard InChI is InChI=1S/C59H49N/c1-36-44-17-9-10-19-46(44)47-27-25-42(33-49(36)47)60(43-26-28-56-53(35-43)48-20-12-14-22-55(48)58(56,2)3)41-24-23-38-29-40-31-52-51(50(38)34-41)30-39(37-15-7-6-8-16-37)32-57(52)59(4,5)54-21-13-11-18-45(40)54/h6-28,30,32-36,40H,29,31H2,1-5H3. The highest BCUT2D eigenvalue weighted by molar-refractivity contribution is 5.91. The average molecular weight is 772 g/mol. The first-order valence-corrected chi connectivity index (χ1v) is 21.9. The fraction of sp³-hybridized carbons (Fsp3) is 0.186. The van der Waals surface area contributed by atoms with Crippen LogP contribution in [0.15, 0.2) is 170 Å². The summed E-state index contributed by atoms with van der Waals surface area (Å²) in [6.45, 7) is 12.0. The van der Waals surface area contributed by atoms with E-state index in [4.69, 9.17) is 0 Å². The molecule has 0 aromatic heterocycles. The van der Waals surface area contributed by atoms with Gasteiger partial charge in [-0.25, -0.2) is 0 Å². The Morgan fingerprint density at radius 3 is 1.82 bits per heavy atom. The van der Waals surface area contributed by atoms with Crippen LogP contribution in [0.25, 0.3) is 44.5 Å². The zero-order chi connectivity index (χ0) is 40.5. The predicted molar refractivity (Wildman–Crippen MR) is 251 cm³/mol. The minimum Gasteiger partial charge on any atom is -0.310 e. The van der Waals surface area contributed by atoms with Crippen molar-refractivity contribution in [3.05, 3.63) is 220 Å². The molecular weight excluding hydrogens is 723 g/mol. The predicted octanol–water partition coefficient (Wildman–Crippen LogP) is 15.5. The van der Waals surface area contributed by atoms with E-state index in [1.807, 2.05) is 0 Å². The van der Waals surface area contributed by atoms with Crippen LogP contribution in [-0.2, 0) is 23.7 Å². The third-order valence-electron chi connectivity index (χ3n) is 15.0. The van der Waals surface area contributed by atoms with E-state index in [9.17, 15) is 0 Å². The number of benzene rings is 8. The zero-order valence-electron chi connectivity index (χ0n) is 35.2. The SMILES string of the molecule is CC1c2ccccc2-c2ccc(N(c3ccc4c(c3)-c3cc(-c5ccccc5)cc5c3CC(C4)c3ccccc3C5(C)C)c3ccc4c(c3)-c3ccccc3C4(C)C)cc21. The number of hydrogen-bond donors (Lipinski definition) is 0. The van der Waals surface area contributed by atoms with Crippen LogP contribution in [-0.4, -0.2) is 0 Å². The third-order valence-corrected chi connectivity index (χ3v) is 15.0. The van der Waals surface area contributed by atoms with E-state index < -0.39 is 0 Å². The molecule has 0 saturated carbocycles. The van der Waals surface area contributed by atoms with Crippen LogP contribution in [0.3, 0.4) is 0 Å². The van der Waals surface area contributed by atoms with Crippen molar-refractivity contribution in [2.75, 3.05) is 4.90 Å². The maximum absolute atomic E-state index is 2.54. The lowest BCUT2D eigenvalue weighted by molar-refractivity contribution is 0.631. The molecule has 2 bridgehead atoms. The van der Waals surface area contributed by atoms with E-state index in [0.29, 0.717) is 11.8 Å². The van der Waals surface area contributed by atoms with Gasteiger partial charge < -0.3 is 4.90 Å². The summed E-state index contributed by atoms with van der Waals surface area (Å²) in [5, 5.41) is 0. The number of anilines is 3. The number of fused-ring (bicyclic) bond motifs is 11. The van der Waals surface area contributed by atoms with Gasteiger partial charge in [-0.15, -0.1) is 0 Å². The Morgan fingerprint density at radius 1 is 0.400 bits per heavy atom. The maximum Gasteiger partial charge on any atom is 0.0468 e. The van der Waals surface area contributed by atoms with Gasteiger partial charge in [0.15, 0.2) is 0 Å². The summed E-state index contributed by atoms with van der Waals surface area (Å²) in [7, 11) is 0. The normalized spacial score (nSPS) is 17.9. The molecule has 4 aliphatic carbocycles. The van der Waals surface area contributed by atoms with Crippen LogP contribution < -0.4 is 4.90 Å². The lowest BCUT2D eigenvalue weighted by Gasteiger charge is -2.32. The van der Waals surface area contributed by atoms with Gasteiger partial charge in [-0.1, -0.05) is 156 Å². The van der Waals surface area contributed by atoms with Crippen LogP contribution in [0.1, 0.15) is 96.5 Å². The van der Waals surface area contributed by atoms with Gasteiger partial charge in [0.25, 0.3) is 0 Å². The fourth-order valence-electron chi connectivity index (χ4n) is 11.9. The maximum atomic E-state index is 2.54. The van der Waals surface area contributed by atoms with Crippen molar-refractivity contribution in [1.82, 2.24) is 0 Å². The highest BCUT2D eigenvalue weighted by Crippen LogP contribution is 2.54. The van der Waals surface area contributed by atoms with Gasteiger partial charge in [0.2, 0.25) is 0 Å². The topological polar surface area (TPSA) is 3.24 Å². The molecule has 0 spiro atoms. The van der Waals surface area contributed by atoms with E-state index in [-0.39, 0.29) is 10.8 Å². The van der Waals surface area contributed by atoms with Gasteiger partial charge in [0, 0.05) is 33.8 Å². The largest absolute Gasteiger partial charge is 0.310 e. The molecule has 4 aliphatic rings. The Kier molecular flexibility index (Phi) is 7.56. The molecule has 0 amide bonds. The summed E-state index contributed by atoms with van der Waals surface area (Å²) in [5.41, 5.74) is 27.0. The highest BCUT2D eigenvalue weighted by atomic mass is 15.1. The molecule has 0 N–H and O–H groups in total. The second kappa shape index (κ2) is 12.8. The van der Waals surface area contributed by atoms with Crippen LogP contribution in [0.5, 0.6) is 0 Å². The number of hydrogen-bond acceptors (Lipinski definition) is 1. The molecule has 0 heterocycles. The zero-order valence-corrected chi connectivity index (χ0v) is 35.2. The molecule has 1 heteroatoms. The molecule has 60 heavy (non-hydrogen) atoms. The summed E-state index contributed by atoms with van der Waals surface area (Å²) in [6, 6.07) is 65.1. The molecule has 12 rings (SSSR count). The first-order valence-electron chi connectivity index (χ1n) is 21.9. The second-order valence-corrected chi connectivity index (χ2v) is 18.9. The van der Waals surface area contributed by atoms with Crippen molar-refractivity contribution >= 4 is 17.1 Å². The van der Waals surface area contributed by atoms with Gasteiger partial charge in [-0.3, -0.25) is 0 Å². The van der Waals surface area contributed by atoms with Crippen LogP contribution >= 0.6 is 0 Å². The number of nitrogens with zero attached hydrogens (tertiary/aromatic N) is 1. The number of rotatable bonds is 4. The minimum atomic E-state index is -0.144. The summed E-state index contributed by atoms with van der Waals surface area (Å²) in [5.74, 6) is 0.736. The lowest BCUT2D eigenvalue weighted by Crippen LogP contribution is -2.22. The molecule has 0 saturated heterocycles. The van der Waals surface area contributed by atoms with E-state index in [0.717, 1.165) is 12.8 Å². The first kappa shape index (κ1) is 35.5. The Morgan fingerprint density at radius 2 is 1.00 bits per heavy atom. The van der Waals surface area contributed by atoms with Gasteiger partial charge in [0.05, 0.1) is 0 Å². The third kappa shape index (κ3) is 5.05. The molecular formula is C59H49N. The van der Waals surface area contributed by atoms with E-state index in [1.54, 1.807) is 0 Å². The van der Waals surface area contributed by atoms with Crippen molar-refractivity contribution < 1.29 is 0 Å². The van der Waals surface area contributed by atoms with Gasteiger partial charge in [0.1, 0.15) is 0 Å². The summed E-state index contributed by atoms with van der Waals surface area (Å²) < 4.78 is 0. The molecule has 8 aromatic carbocycles. The summed E-state index contributed by atoms with van der Waals surface area (Å²) in [6.07, 6.45) is 2.05. The Bertz CT molecular complexity index is 3070. The molecule has 2 unspecified atom stereocenters. The van der Waals surface area contributed by atoms with Crippen molar-refractivity contribution in [3.8, 4) is 44.5 Å². The molecule has 290 valence electrons. The van der Waals surface area contributed by atoms with Gasteiger partial charge in [-0.2, -0.15) is 0 Å². The van der Waals surface area contributed by atoms with Crippen molar-refractivity contribution in [1.29, 1.82) is 0 Å². The molecule has 0 radical (unpaired) electrons. The van der Waals surface area contributed by atoms with Crippen LogP contribution in [0.4, 0.5) is 17.1 Å². The molecule has 8 aromatic rings. The average Bonchev–Trinajstić information content (AvgIpc) is 3.56. The fourth-order valence-corrected chi connectivity index (χ4v) is 11.9. The molecule has 2 atom stereocenters. The smallest absolute Gasteiger partial charge is 0.0468 e. The van der Waals surface area contributed by atoms with E-state index in [1.165, 1.54) is 112 Å². The lowest BCUT2D eigenvalue weighted by atomic mass is 9.73. The minimum absolute atomic E-state index is 0.0556. The van der Waals surface area contributed by atoms with Crippen molar-refractivity contribution in [2.45, 2.75) is 70.1 Å². The highest BCUT2D eigenvalue weighted by Gasteiger charge is 2.39. The van der Waals surface area contributed by atoms with Crippen LogP contribution in [0.2, 0.25) is 0 Å². The summed E-state index contributed by atoms with van der Waals surface area (Å²) >= 11 is 0. The summed E-state index contributed by atoms with van der Waals surface area (Å²) in [4.78, 5) is 2.54. The monoisotopic (exact) mass is 771 g/mol. The molecule has 1 nitrogen and oxygen atoms in total. The Labute approximate surface area is 355 Å². The van der Waals surface area contributed by atoms with Gasteiger partial charge >= 0.3 is 0 Å². The van der Waals surface area contributed by atoms with Crippen LogP contribution in [0, 0.1) is 0 Å². The molecule has 0 aliphatic heterocycles. The Hall–Kier alpha value is -6.44.